The van der Waals surface area contributed by atoms with E-state index in [9.17, 15) is 0 Å². The quantitative estimate of drug-likeness (QED) is 0.386. The van der Waals surface area contributed by atoms with E-state index in [1.165, 1.54) is 33.4 Å². The van der Waals surface area contributed by atoms with E-state index >= 15 is 0 Å². The second-order valence-electron chi connectivity index (χ2n) is 8.45. The summed E-state index contributed by atoms with van der Waals surface area (Å²) in [7, 11) is 1.69. The van der Waals surface area contributed by atoms with Crippen LogP contribution in [0, 0.1) is 13.8 Å². The van der Waals surface area contributed by atoms with Crippen LogP contribution in [-0.2, 0) is 0 Å². The molecule has 0 aliphatic heterocycles. The molecular weight excluding hydrogens is 402 g/mol. The zero-order chi connectivity index (χ0) is 23.0. The summed E-state index contributed by atoms with van der Waals surface area (Å²) < 4.78 is 5.23. The highest BCUT2D eigenvalue weighted by molar-refractivity contribution is 5.81. The van der Waals surface area contributed by atoms with Gasteiger partial charge in [0, 0.05) is 11.7 Å². The second-order valence-corrected chi connectivity index (χ2v) is 8.45. The Balaban J connectivity index is 1.45. The van der Waals surface area contributed by atoms with Gasteiger partial charge in [-0.2, -0.15) is 0 Å². The summed E-state index contributed by atoms with van der Waals surface area (Å²) in [5, 5.41) is 3.56. The highest BCUT2D eigenvalue weighted by Crippen LogP contribution is 2.25. The zero-order valence-electron chi connectivity index (χ0n) is 19.6. The first-order chi connectivity index (χ1) is 16.1. The SMILES string of the molecule is COc1ccc(NC2C=CC(C=CC=C(c3ccc(C)cc3)c3ccc(C)cc3)=CC2)cc1. The van der Waals surface area contributed by atoms with Crippen LogP contribution in [-0.4, -0.2) is 13.2 Å². The summed E-state index contributed by atoms with van der Waals surface area (Å²) in [6.07, 6.45) is 14.2. The number of rotatable bonds is 7. The molecule has 1 unspecified atom stereocenters. The van der Waals surface area contributed by atoms with Crippen LogP contribution in [0.2, 0.25) is 0 Å². The number of hydrogen-bond acceptors (Lipinski definition) is 2. The number of hydrogen-bond donors (Lipinski definition) is 1. The van der Waals surface area contributed by atoms with Gasteiger partial charge in [0.2, 0.25) is 0 Å². The maximum absolute atomic E-state index is 5.23. The molecule has 166 valence electrons. The number of ether oxygens (including phenoxy) is 1. The Morgan fingerprint density at radius 1 is 0.848 bits per heavy atom. The van der Waals surface area contributed by atoms with Crippen molar-refractivity contribution in [2.75, 3.05) is 12.4 Å². The van der Waals surface area contributed by atoms with E-state index < -0.39 is 0 Å². The predicted molar refractivity (Wildman–Crippen MR) is 141 cm³/mol. The molecule has 1 aliphatic rings. The molecule has 2 nitrogen and oxygen atoms in total. The molecule has 1 aliphatic carbocycles. The highest BCUT2D eigenvalue weighted by atomic mass is 16.5. The molecule has 0 heterocycles. The summed E-state index contributed by atoms with van der Waals surface area (Å²) in [5.41, 5.74) is 8.55. The molecule has 33 heavy (non-hydrogen) atoms. The van der Waals surface area contributed by atoms with Gasteiger partial charge in [0.05, 0.1) is 7.11 Å². The van der Waals surface area contributed by atoms with Crippen LogP contribution < -0.4 is 10.1 Å². The number of allylic oxidation sites excluding steroid dienone is 5. The Morgan fingerprint density at radius 3 is 1.97 bits per heavy atom. The average molecular weight is 434 g/mol. The monoisotopic (exact) mass is 433 g/mol. The molecule has 0 saturated carbocycles. The Kier molecular flexibility index (Phi) is 7.26. The lowest BCUT2D eigenvalue weighted by Gasteiger charge is -2.18. The largest absolute Gasteiger partial charge is 0.497 e. The first-order valence-corrected chi connectivity index (χ1v) is 11.4. The Labute approximate surface area is 197 Å². The fourth-order valence-electron chi connectivity index (χ4n) is 3.85. The molecule has 0 fully saturated rings. The van der Waals surface area contributed by atoms with Crippen LogP contribution in [0.1, 0.15) is 28.7 Å². The standard InChI is InChI=1S/C31H31NO/c1-23-7-13-26(14-8-23)31(27-15-9-24(2)10-16-27)6-4-5-25-11-17-28(18-12-25)32-29-19-21-30(33-3)22-20-29/h4-17,19-22,28,32H,18H2,1-3H3. The Hall–Kier alpha value is -3.78. The fraction of sp³-hybridized carbons (Fsp3) is 0.161. The van der Waals surface area contributed by atoms with Crippen LogP contribution in [0.4, 0.5) is 5.69 Å². The first-order valence-electron chi connectivity index (χ1n) is 11.4. The van der Waals surface area contributed by atoms with E-state index in [2.05, 4.69) is 104 Å². The van der Waals surface area contributed by atoms with Crippen molar-refractivity contribution < 1.29 is 4.74 Å². The van der Waals surface area contributed by atoms with Gasteiger partial charge in [-0.1, -0.05) is 96.1 Å². The minimum absolute atomic E-state index is 0.293. The summed E-state index contributed by atoms with van der Waals surface area (Å²) in [5.74, 6) is 0.871. The summed E-state index contributed by atoms with van der Waals surface area (Å²) in [6.45, 7) is 4.25. The van der Waals surface area contributed by atoms with Crippen molar-refractivity contribution in [1.82, 2.24) is 0 Å². The van der Waals surface area contributed by atoms with E-state index in [1.54, 1.807) is 7.11 Å². The van der Waals surface area contributed by atoms with E-state index in [0.29, 0.717) is 6.04 Å². The molecule has 0 saturated heterocycles. The van der Waals surface area contributed by atoms with Crippen LogP contribution in [0.25, 0.3) is 5.57 Å². The van der Waals surface area contributed by atoms with E-state index in [-0.39, 0.29) is 0 Å². The van der Waals surface area contributed by atoms with E-state index in [1.807, 2.05) is 24.3 Å². The molecule has 3 aromatic rings. The van der Waals surface area contributed by atoms with Gasteiger partial charge in [0.15, 0.2) is 0 Å². The number of nitrogens with one attached hydrogen (secondary N) is 1. The van der Waals surface area contributed by atoms with E-state index in [0.717, 1.165) is 17.9 Å². The van der Waals surface area contributed by atoms with Gasteiger partial charge < -0.3 is 10.1 Å². The van der Waals surface area contributed by atoms with Gasteiger partial charge in [-0.25, -0.2) is 0 Å². The molecular formula is C31H31NO. The van der Waals surface area contributed by atoms with Gasteiger partial charge in [-0.05, 0) is 66.8 Å². The maximum Gasteiger partial charge on any atom is 0.119 e. The third-order valence-electron chi connectivity index (χ3n) is 5.85. The van der Waals surface area contributed by atoms with Crippen molar-refractivity contribution in [2.24, 2.45) is 0 Å². The molecule has 2 heteroatoms. The second kappa shape index (κ2) is 10.7. The molecule has 0 aromatic heterocycles. The molecule has 3 aromatic carbocycles. The fourth-order valence-corrected chi connectivity index (χ4v) is 3.85. The normalized spacial score (nSPS) is 15.2. The van der Waals surface area contributed by atoms with Gasteiger partial charge in [-0.3, -0.25) is 0 Å². The van der Waals surface area contributed by atoms with Gasteiger partial charge in [0.25, 0.3) is 0 Å². The molecule has 1 N–H and O–H groups in total. The number of benzene rings is 3. The molecule has 1 atom stereocenters. The average Bonchev–Trinajstić information content (AvgIpc) is 2.85. The number of methoxy groups -OCH3 is 1. The molecule has 0 bridgehead atoms. The lowest BCUT2D eigenvalue weighted by molar-refractivity contribution is 0.415. The third-order valence-corrected chi connectivity index (χ3v) is 5.85. The predicted octanol–water partition coefficient (Wildman–Crippen LogP) is 7.67. The molecule has 0 spiro atoms. The van der Waals surface area contributed by atoms with Crippen LogP contribution in [0.15, 0.2) is 115 Å². The minimum atomic E-state index is 0.293. The summed E-state index contributed by atoms with van der Waals surface area (Å²) >= 11 is 0. The van der Waals surface area contributed by atoms with Gasteiger partial charge in [0.1, 0.15) is 5.75 Å². The van der Waals surface area contributed by atoms with Crippen LogP contribution in [0.3, 0.4) is 0 Å². The van der Waals surface area contributed by atoms with Crippen molar-refractivity contribution in [3.05, 3.63) is 137 Å². The lowest BCUT2D eigenvalue weighted by Crippen LogP contribution is -2.17. The summed E-state index contributed by atoms with van der Waals surface area (Å²) in [6, 6.07) is 25.8. The van der Waals surface area contributed by atoms with Gasteiger partial charge >= 0.3 is 0 Å². The van der Waals surface area contributed by atoms with Crippen LogP contribution >= 0.6 is 0 Å². The van der Waals surface area contributed by atoms with Crippen LogP contribution in [0.5, 0.6) is 5.75 Å². The smallest absolute Gasteiger partial charge is 0.119 e. The van der Waals surface area contributed by atoms with Crippen molar-refractivity contribution >= 4 is 11.3 Å². The Morgan fingerprint density at radius 2 is 1.45 bits per heavy atom. The lowest BCUT2D eigenvalue weighted by atomic mass is 9.95. The summed E-state index contributed by atoms with van der Waals surface area (Å²) in [4.78, 5) is 0. The van der Waals surface area contributed by atoms with E-state index in [4.69, 9.17) is 4.74 Å². The zero-order valence-corrected chi connectivity index (χ0v) is 19.6. The Bertz CT molecular complexity index is 1130. The number of aryl methyl sites for hydroxylation is 2. The minimum Gasteiger partial charge on any atom is -0.497 e. The third kappa shape index (κ3) is 6.14. The van der Waals surface area contributed by atoms with Crippen molar-refractivity contribution in [3.8, 4) is 5.75 Å². The molecule has 0 radical (unpaired) electrons. The topological polar surface area (TPSA) is 21.3 Å². The number of anilines is 1. The van der Waals surface area contributed by atoms with Crippen molar-refractivity contribution in [2.45, 2.75) is 26.3 Å². The highest BCUT2D eigenvalue weighted by Gasteiger charge is 2.08. The first kappa shape index (κ1) is 22.4. The maximum atomic E-state index is 5.23. The van der Waals surface area contributed by atoms with Crippen molar-refractivity contribution in [1.29, 1.82) is 0 Å². The molecule has 4 rings (SSSR count). The van der Waals surface area contributed by atoms with Gasteiger partial charge in [-0.15, -0.1) is 0 Å². The molecule has 0 amide bonds. The van der Waals surface area contributed by atoms with Crippen molar-refractivity contribution in [3.63, 3.8) is 0 Å².